The Morgan fingerprint density at radius 3 is 2.48 bits per heavy atom. The smallest absolute Gasteiger partial charge is 0.352 e. The second kappa shape index (κ2) is 6.63. The fourth-order valence-corrected chi connectivity index (χ4v) is 3.94. The molecule has 0 amide bonds. The van der Waals surface area contributed by atoms with Crippen LogP contribution in [0.15, 0.2) is 54.7 Å². The summed E-state index contributed by atoms with van der Waals surface area (Å²) in [5, 5.41) is 11.5. The first-order chi connectivity index (χ1) is 13.0. The summed E-state index contributed by atoms with van der Waals surface area (Å²) in [6, 6.07) is 15.3. The first-order valence-corrected chi connectivity index (χ1v) is 9.17. The lowest BCUT2D eigenvalue weighted by Crippen LogP contribution is -2.00. The number of benzene rings is 2. The van der Waals surface area contributed by atoms with Crippen molar-refractivity contribution in [2.45, 2.75) is 19.8 Å². The van der Waals surface area contributed by atoms with Crippen molar-refractivity contribution in [3.63, 3.8) is 0 Å². The lowest BCUT2D eigenvalue weighted by Gasteiger charge is -2.13. The zero-order valence-electron chi connectivity index (χ0n) is 15.0. The minimum absolute atomic E-state index is 0.102. The third kappa shape index (κ3) is 2.82. The molecule has 0 aliphatic carbocycles. The fourth-order valence-electron chi connectivity index (χ4n) is 3.71. The van der Waals surface area contributed by atoms with Crippen molar-refractivity contribution in [3.05, 3.63) is 71.0 Å². The second-order valence-corrected chi connectivity index (χ2v) is 7.26. The van der Waals surface area contributed by atoms with Gasteiger partial charge >= 0.3 is 5.97 Å². The van der Waals surface area contributed by atoms with E-state index in [2.05, 4.69) is 23.8 Å². The molecular formula is C22H19ClN2O2. The molecule has 0 fully saturated rings. The molecule has 136 valence electrons. The number of carboxylic acids is 1. The minimum atomic E-state index is -1.00. The third-order valence-corrected chi connectivity index (χ3v) is 5.17. The molecule has 0 spiro atoms. The molecule has 0 aliphatic heterocycles. The molecule has 5 heteroatoms. The molecule has 0 unspecified atom stereocenters. The Balaban J connectivity index is 2.10. The van der Waals surface area contributed by atoms with E-state index in [0.717, 1.165) is 33.3 Å². The molecule has 2 aromatic heterocycles. The highest BCUT2D eigenvalue weighted by molar-refractivity contribution is 6.33. The first kappa shape index (κ1) is 17.4. The van der Waals surface area contributed by atoms with Gasteiger partial charge in [0, 0.05) is 38.8 Å². The van der Waals surface area contributed by atoms with Gasteiger partial charge in [0.1, 0.15) is 5.69 Å². The van der Waals surface area contributed by atoms with Crippen LogP contribution in [-0.2, 0) is 0 Å². The van der Waals surface area contributed by atoms with Crippen molar-refractivity contribution in [1.29, 1.82) is 0 Å². The monoisotopic (exact) mass is 378 g/mol. The van der Waals surface area contributed by atoms with Gasteiger partial charge in [0.15, 0.2) is 0 Å². The largest absolute Gasteiger partial charge is 0.477 e. The quantitative estimate of drug-likeness (QED) is 0.389. The Kier molecular flexibility index (Phi) is 4.28. The van der Waals surface area contributed by atoms with E-state index in [9.17, 15) is 9.90 Å². The van der Waals surface area contributed by atoms with Gasteiger partial charge in [0.05, 0.1) is 5.69 Å². The predicted molar refractivity (Wildman–Crippen MR) is 110 cm³/mol. The van der Waals surface area contributed by atoms with Crippen LogP contribution in [0, 0.1) is 0 Å². The van der Waals surface area contributed by atoms with Crippen LogP contribution < -0.4 is 0 Å². The number of H-pyrrole nitrogens is 2. The van der Waals surface area contributed by atoms with Gasteiger partial charge in [-0.15, -0.1) is 0 Å². The van der Waals surface area contributed by atoms with Crippen LogP contribution in [-0.4, -0.2) is 21.0 Å². The van der Waals surface area contributed by atoms with Crippen LogP contribution in [0.4, 0.5) is 0 Å². The predicted octanol–water partition coefficient (Wildman–Crippen LogP) is 6.31. The van der Waals surface area contributed by atoms with Gasteiger partial charge in [0.2, 0.25) is 0 Å². The zero-order chi connectivity index (χ0) is 19.1. The molecule has 0 saturated heterocycles. The molecule has 27 heavy (non-hydrogen) atoms. The van der Waals surface area contributed by atoms with E-state index in [4.69, 9.17) is 11.6 Å². The number of aromatic carboxylic acids is 1. The summed E-state index contributed by atoms with van der Waals surface area (Å²) >= 11 is 6.43. The molecule has 4 rings (SSSR count). The van der Waals surface area contributed by atoms with Crippen molar-refractivity contribution in [3.8, 4) is 22.4 Å². The maximum absolute atomic E-state index is 12.1. The van der Waals surface area contributed by atoms with Crippen LogP contribution in [0.3, 0.4) is 0 Å². The third-order valence-electron chi connectivity index (χ3n) is 4.84. The zero-order valence-corrected chi connectivity index (χ0v) is 15.8. The molecule has 0 aliphatic rings. The highest BCUT2D eigenvalue weighted by Crippen LogP contribution is 2.43. The summed E-state index contributed by atoms with van der Waals surface area (Å²) in [5.74, 6) is -0.899. The standard InChI is InChI=1S/C22H19ClN2O2/c1-12(2)18-19(15-6-3-4-8-16(15)23)21(22(26)27)25-20(18)14-7-5-9-17-13(14)10-11-24-17/h3-12,24-25H,1-2H3,(H,26,27). The Morgan fingerprint density at radius 1 is 1.04 bits per heavy atom. The highest BCUT2D eigenvalue weighted by atomic mass is 35.5. The van der Waals surface area contributed by atoms with Gasteiger partial charge in [-0.1, -0.05) is 55.8 Å². The number of hydrogen-bond acceptors (Lipinski definition) is 1. The van der Waals surface area contributed by atoms with E-state index < -0.39 is 5.97 Å². The van der Waals surface area contributed by atoms with Crippen LogP contribution in [0.5, 0.6) is 0 Å². The number of hydrogen-bond donors (Lipinski definition) is 3. The van der Waals surface area contributed by atoms with E-state index in [1.165, 1.54) is 0 Å². The molecule has 3 N–H and O–H groups in total. The van der Waals surface area contributed by atoms with Gasteiger partial charge in [-0.2, -0.15) is 0 Å². The number of nitrogens with one attached hydrogen (secondary N) is 2. The number of halogens is 1. The highest BCUT2D eigenvalue weighted by Gasteiger charge is 2.27. The Labute approximate surface area is 161 Å². The summed E-state index contributed by atoms with van der Waals surface area (Å²) in [6.45, 7) is 4.13. The molecule has 0 radical (unpaired) electrons. The Morgan fingerprint density at radius 2 is 1.78 bits per heavy atom. The summed E-state index contributed by atoms with van der Waals surface area (Å²) in [7, 11) is 0. The summed E-state index contributed by atoms with van der Waals surface area (Å²) in [5.41, 5.74) is 5.30. The van der Waals surface area contributed by atoms with Gasteiger partial charge in [-0.05, 0) is 29.7 Å². The summed E-state index contributed by atoms with van der Waals surface area (Å²) in [4.78, 5) is 18.5. The molecule has 0 atom stereocenters. The van der Waals surface area contributed by atoms with Crippen LogP contribution in [0.2, 0.25) is 5.02 Å². The molecule has 2 aromatic carbocycles. The molecule has 0 bridgehead atoms. The van der Waals surface area contributed by atoms with E-state index in [1.54, 1.807) is 6.07 Å². The number of fused-ring (bicyclic) bond motifs is 1. The SMILES string of the molecule is CC(C)c1c(-c2cccc3[nH]ccc23)[nH]c(C(=O)O)c1-c1ccccc1Cl. The maximum Gasteiger partial charge on any atom is 0.352 e. The van der Waals surface area contributed by atoms with Crippen LogP contribution in [0.1, 0.15) is 35.8 Å². The Hall–Kier alpha value is -2.98. The number of carboxylic acid groups (broad SMARTS) is 1. The molecule has 4 aromatic rings. The van der Waals surface area contributed by atoms with Gasteiger partial charge < -0.3 is 15.1 Å². The average molecular weight is 379 g/mol. The van der Waals surface area contributed by atoms with Crippen molar-refractivity contribution >= 4 is 28.5 Å². The minimum Gasteiger partial charge on any atom is -0.477 e. The van der Waals surface area contributed by atoms with E-state index in [-0.39, 0.29) is 11.6 Å². The maximum atomic E-state index is 12.1. The molecule has 2 heterocycles. The van der Waals surface area contributed by atoms with Crippen molar-refractivity contribution in [2.75, 3.05) is 0 Å². The molecule has 4 nitrogen and oxygen atoms in total. The number of aromatic amines is 2. The summed E-state index contributed by atoms with van der Waals surface area (Å²) in [6.07, 6.45) is 1.89. The number of aromatic nitrogens is 2. The van der Waals surface area contributed by atoms with Crippen molar-refractivity contribution in [1.82, 2.24) is 9.97 Å². The summed E-state index contributed by atoms with van der Waals surface area (Å²) < 4.78 is 0. The van der Waals surface area contributed by atoms with Gasteiger partial charge in [-0.25, -0.2) is 4.79 Å². The van der Waals surface area contributed by atoms with E-state index in [1.807, 2.05) is 48.7 Å². The average Bonchev–Trinajstić information content (AvgIpc) is 3.26. The first-order valence-electron chi connectivity index (χ1n) is 8.79. The topological polar surface area (TPSA) is 68.9 Å². The molecule has 0 saturated carbocycles. The van der Waals surface area contributed by atoms with Crippen molar-refractivity contribution in [2.24, 2.45) is 0 Å². The second-order valence-electron chi connectivity index (χ2n) is 6.85. The van der Waals surface area contributed by atoms with Gasteiger partial charge in [0.25, 0.3) is 0 Å². The number of rotatable bonds is 4. The normalized spacial score (nSPS) is 11.4. The molecular weight excluding hydrogens is 360 g/mol. The van der Waals surface area contributed by atoms with Crippen molar-refractivity contribution < 1.29 is 9.90 Å². The lowest BCUT2D eigenvalue weighted by molar-refractivity contribution is 0.0692. The fraction of sp³-hybridized carbons (Fsp3) is 0.136. The van der Waals surface area contributed by atoms with E-state index >= 15 is 0 Å². The number of carbonyl (C=O) groups is 1. The Bertz CT molecular complexity index is 1150. The van der Waals surface area contributed by atoms with Crippen LogP contribution >= 0.6 is 11.6 Å². The lowest BCUT2D eigenvalue weighted by atomic mass is 9.90. The van der Waals surface area contributed by atoms with E-state index in [0.29, 0.717) is 10.6 Å². The van der Waals surface area contributed by atoms with Crippen LogP contribution in [0.25, 0.3) is 33.3 Å². The van der Waals surface area contributed by atoms with Gasteiger partial charge in [-0.3, -0.25) is 0 Å².